The third-order valence-electron chi connectivity index (χ3n) is 4.61. The summed E-state index contributed by atoms with van der Waals surface area (Å²) in [6.45, 7) is 4.27. The van der Waals surface area contributed by atoms with Crippen LogP contribution in [-0.2, 0) is 9.59 Å². The lowest BCUT2D eigenvalue weighted by molar-refractivity contribution is -0.128. The van der Waals surface area contributed by atoms with Gasteiger partial charge in [-0.25, -0.2) is 0 Å². The fourth-order valence-electron chi connectivity index (χ4n) is 3.59. The van der Waals surface area contributed by atoms with Gasteiger partial charge in [0.15, 0.2) is 0 Å². The summed E-state index contributed by atoms with van der Waals surface area (Å²) in [7, 11) is 0. The van der Waals surface area contributed by atoms with Crippen LogP contribution in [0.5, 0.6) is 0 Å². The highest BCUT2D eigenvalue weighted by atomic mass is 16.1. The second kappa shape index (κ2) is 4.68. The van der Waals surface area contributed by atoms with Crippen molar-refractivity contribution < 1.29 is 9.59 Å². The Bertz CT molecular complexity index is 295. The van der Waals surface area contributed by atoms with Crippen molar-refractivity contribution in [3.8, 4) is 0 Å². The fraction of sp³-hybridized carbons (Fsp3) is 0.857. The Labute approximate surface area is 97.8 Å². The average Bonchev–Trinajstić information content (AvgIpc) is 2.22. The highest BCUT2D eigenvalue weighted by molar-refractivity contribution is 5.81. The van der Waals surface area contributed by atoms with E-state index in [1.165, 1.54) is 0 Å². The van der Waals surface area contributed by atoms with Crippen LogP contribution in [0.2, 0.25) is 0 Å². The number of ketones is 2. The van der Waals surface area contributed by atoms with Crippen molar-refractivity contribution in [2.24, 2.45) is 23.7 Å². The van der Waals surface area contributed by atoms with Gasteiger partial charge in [-0.15, -0.1) is 0 Å². The summed E-state index contributed by atoms with van der Waals surface area (Å²) >= 11 is 0. The third-order valence-corrected chi connectivity index (χ3v) is 4.61. The van der Waals surface area contributed by atoms with Crippen LogP contribution in [0.25, 0.3) is 0 Å². The summed E-state index contributed by atoms with van der Waals surface area (Å²) in [5.41, 5.74) is 0. The van der Waals surface area contributed by atoms with Crippen molar-refractivity contribution in [1.29, 1.82) is 0 Å². The second-order valence-corrected chi connectivity index (χ2v) is 5.82. The molecular weight excluding hydrogens is 200 g/mol. The van der Waals surface area contributed by atoms with E-state index in [1.807, 2.05) is 0 Å². The Morgan fingerprint density at radius 3 is 2.44 bits per heavy atom. The van der Waals surface area contributed by atoms with E-state index in [2.05, 4.69) is 13.8 Å². The first kappa shape index (κ1) is 11.8. The van der Waals surface area contributed by atoms with Crippen molar-refractivity contribution in [2.75, 3.05) is 0 Å². The van der Waals surface area contributed by atoms with Crippen molar-refractivity contribution in [1.82, 2.24) is 0 Å². The molecule has 16 heavy (non-hydrogen) atoms. The molecule has 0 spiro atoms. The van der Waals surface area contributed by atoms with Crippen molar-refractivity contribution in [3.05, 3.63) is 0 Å². The van der Waals surface area contributed by atoms with Gasteiger partial charge >= 0.3 is 0 Å². The number of carbonyl (C=O) groups excluding carboxylic acids is 2. The molecule has 2 saturated carbocycles. The molecule has 2 aliphatic rings. The van der Waals surface area contributed by atoms with Gasteiger partial charge in [-0.05, 0) is 37.0 Å². The van der Waals surface area contributed by atoms with Crippen LogP contribution in [0.1, 0.15) is 52.4 Å². The van der Waals surface area contributed by atoms with Gasteiger partial charge in [-0.3, -0.25) is 9.59 Å². The SMILES string of the molecule is CC1CC(C2CCC(=O)CC2C)CCC1=O. The maximum absolute atomic E-state index is 11.5. The van der Waals surface area contributed by atoms with Crippen molar-refractivity contribution in [3.63, 3.8) is 0 Å². The molecule has 0 radical (unpaired) electrons. The van der Waals surface area contributed by atoms with Crippen molar-refractivity contribution in [2.45, 2.75) is 52.4 Å². The van der Waals surface area contributed by atoms with Crippen LogP contribution in [0, 0.1) is 23.7 Å². The van der Waals surface area contributed by atoms with E-state index < -0.39 is 0 Å². The summed E-state index contributed by atoms with van der Waals surface area (Å²) in [5, 5.41) is 0. The van der Waals surface area contributed by atoms with Gasteiger partial charge in [0.05, 0.1) is 0 Å². The Morgan fingerprint density at radius 2 is 1.81 bits per heavy atom. The van der Waals surface area contributed by atoms with Crippen LogP contribution in [0.4, 0.5) is 0 Å². The molecule has 2 fully saturated rings. The predicted molar refractivity (Wildman–Crippen MR) is 63.0 cm³/mol. The molecule has 2 aliphatic carbocycles. The maximum atomic E-state index is 11.5. The number of hydrogen-bond acceptors (Lipinski definition) is 2. The topological polar surface area (TPSA) is 34.1 Å². The van der Waals surface area contributed by atoms with Gasteiger partial charge in [0.25, 0.3) is 0 Å². The normalized spacial score (nSPS) is 41.1. The zero-order valence-corrected chi connectivity index (χ0v) is 10.4. The van der Waals surface area contributed by atoms with E-state index in [1.54, 1.807) is 0 Å². The standard InChI is InChI=1S/C14H22O2/c1-9-8-12(15)4-5-13(9)11-3-6-14(16)10(2)7-11/h9-11,13H,3-8H2,1-2H3. The number of rotatable bonds is 1. The van der Waals surface area contributed by atoms with Crippen molar-refractivity contribution >= 4 is 11.6 Å². The predicted octanol–water partition coefficient (Wildman–Crippen LogP) is 3.00. The van der Waals surface area contributed by atoms with Gasteiger partial charge in [-0.2, -0.15) is 0 Å². The second-order valence-electron chi connectivity index (χ2n) is 5.82. The van der Waals surface area contributed by atoms with Crippen LogP contribution in [0.3, 0.4) is 0 Å². The molecule has 0 N–H and O–H groups in total. The Balaban J connectivity index is 1.97. The summed E-state index contributed by atoms with van der Waals surface area (Å²) in [6.07, 6.45) is 5.49. The molecule has 0 aliphatic heterocycles. The van der Waals surface area contributed by atoms with Crippen LogP contribution >= 0.6 is 0 Å². The van der Waals surface area contributed by atoms with Gasteiger partial charge < -0.3 is 0 Å². The first-order valence-electron chi connectivity index (χ1n) is 6.62. The minimum absolute atomic E-state index is 0.253. The summed E-state index contributed by atoms with van der Waals surface area (Å²) in [6, 6.07) is 0. The summed E-state index contributed by atoms with van der Waals surface area (Å²) < 4.78 is 0. The highest BCUT2D eigenvalue weighted by Crippen LogP contribution is 2.41. The quantitative estimate of drug-likeness (QED) is 0.683. The average molecular weight is 222 g/mol. The van der Waals surface area contributed by atoms with Crippen LogP contribution in [-0.4, -0.2) is 11.6 Å². The molecule has 0 aromatic rings. The highest BCUT2D eigenvalue weighted by Gasteiger charge is 2.36. The molecule has 4 unspecified atom stereocenters. The van der Waals surface area contributed by atoms with E-state index >= 15 is 0 Å². The third kappa shape index (κ3) is 2.36. The first-order valence-corrected chi connectivity index (χ1v) is 6.62. The molecule has 0 amide bonds. The molecule has 2 heteroatoms. The summed E-state index contributed by atoms with van der Waals surface area (Å²) in [5.74, 6) is 3.04. The Kier molecular flexibility index (Phi) is 3.46. The van der Waals surface area contributed by atoms with Gasteiger partial charge in [0.1, 0.15) is 11.6 Å². The maximum Gasteiger partial charge on any atom is 0.135 e. The zero-order chi connectivity index (χ0) is 11.7. The molecule has 4 atom stereocenters. The lowest BCUT2D eigenvalue weighted by Gasteiger charge is -2.38. The smallest absolute Gasteiger partial charge is 0.135 e. The molecular formula is C14H22O2. The largest absolute Gasteiger partial charge is 0.300 e. The monoisotopic (exact) mass is 222 g/mol. The lowest BCUT2D eigenvalue weighted by Crippen LogP contribution is -2.34. The zero-order valence-electron chi connectivity index (χ0n) is 10.4. The Morgan fingerprint density at radius 1 is 1.06 bits per heavy atom. The minimum atomic E-state index is 0.253. The van der Waals surface area contributed by atoms with E-state index in [4.69, 9.17) is 0 Å². The molecule has 90 valence electrons. The Hall–Kier alpha value is -0.660. The van der Waals surface area contributed by atoms with Gasteiger partial charge in [0, 0.05) is 25.2 Å². The first-order chi connectivity index (χ1) is 7.58. The van der Waals surface area contributed by atoms with Crippen LogP contribution in [0.15, 0.2) is 0 Å². The fourth-order valence-corrected chi connectivity index (χ4v) is 3.59. The molecule has 0 aromatic carbocycles. The van der Waals surface area contributed by atoms with E-state index in [9.17, 15) is 9.59 Å². The number of carbonyl (C=O) groups is 2. The van der Waals surface area contributed by atoms with E-state index in [0.717, 1.165) is 38.5 Å². The van der Waals surface area contributed by atoms with E-state index in [-0.39, 0.29) is 5.92 Å². The molecule has 0 bridgehead atoms. The molecule has 2 nitrogen and oxygen atoms in total. The molecule has 2 rings (SSSR count). The van der Waals surface area contributed by atoms with E-state index in [0.29, 0.717) is 29.3 Å². The molecule has 0 heterocycles. The van der Waals surface area contributed by atoms with Crippen LogP contribution < -0.4 is 0 Å². The van der Waals surface area contributed by atoms with Gasteiger partial charge in [0.2, 0.25) is 0 Å². The minimum Gasteiger partial charge on any atom is -0.300 e. The number of Topliss-reactive ketones (excluding diaryl/α,β-unsaturated/α-hetero) is 2. The lowest BCUT2D eigenvalue weighted by atomic mass is 9.66. The molecule has 0 saturated heterocycles. The van der Waals surface area contributed by atoms with Gasteiger partial charge in [-0.1, -0.05) is 13.8 Å². The number of hydrogen-bond donors (Lipinski definition) is 0. The summed E-state index contributed by atoms with van der Waals surface area (Å²) in [4.78, 5) is 22.9. The molecule has 0 aromatic heterocycles.